The molecule has 0 radical (unpaired) electrons. The van der Waals surface area contributed by atoms with Crippen LogP contribution in [0.5, 0.6) is 0 Å². The lowest BCUT2D eigenvalue weighted by atomic mass is 10.2. The third-order valence-corrected chi connectivity index (χ3v) is 6.02. The first-order valence-corrected chi connectivity index (χ1v) is 8.29. The lowest BCUT2D eigenvalue weighted by Crippen LogP contribution is -2.40. The zero-order valence-electron chi connectivity index (χ0n) is 11.9. The van der Waals surface area contributed by atoms with Crippen molar-refractivity contribution in [1.29, 1.82) is 0 Å². The highest BCUT2D eigenvalue weighted by Gasteiger charge is 2.40. The van der Waals surface area contributed by atoms with E-state index in [0.717, 1.165) is 31.0 Å². The van der Waals surface area contributed by atoms with Gasteiger partial charge in [-0.05, 0) is 44.4 Å². The molecular weight excluding hydrogens is 297 g/mol. The molecule has 1 N–H and O–H groups in total. The summed E-state index contributed by atoms with van der Waals surface area (Å²) in [5.74, 6) is -2.32. The summed E-state index contributed by atoms with van der Waals surface area (Å²) in [6.07, 6.45) is 2.16. The monoisotopic (exact) mass is 315 g/mol. The molecule has 1 fully saturated rings. The van der Waals surface area contributed by atoms with Gasteiger partial charge in [0.1, 0.15) is 10.7 Å². The van der Waals surface area contributed by atoms with Crippen molar-refractivity contribution in [3.05, 3.63) is 29.6 Å². The van der Waals surface area contributed by atoms with E-state index in [0.29, 0.717) is 6.42 Å². The Labute approximate surface area is 123 Å². The van der Waals surface area contributed by atoms with Crippen LogP contribution in [0.1, 0.15) is 43.5 Å². The molecule has 1 aliphatic rings. The number of sulfonamides is 1. The molecule has 1 aromatic carbocycles. The van der Waals surface area contributed by atoms with Crippen LogP contribution in [0.25, 0.3) is 0 Å². The minimum atomic E-state index is -3.96. The lowest BCUT2D eigenvalue weighted by molar-refractivity contribution is 0.0696. The van der Waals surface area contributed by atoms with Crippen molar-refractivity contribution in [2.45, 2.75) is 50.1 Å². The summed E-state index contributed by atoms with van der Waals surface area (Å²) < 4.78 is 40.7. The minimum Gasteiger partial charge on any atom is -0.478 e. The number of carboxylic acid groups (broad SMARTS) is 1. The number of benzene rings is 1. The molecule has 5 nitrogen and oxygen atoms in total. The van der Waals surface area contributed by atoms with Gasteiger partial charge in [0.15, 0.2) is 0 Å². The number of halogens is 1. The van der Waals surface area contributed by atoms with Gasteiger partial charge in [-0.15, -0.1) is 0 Å². The molecule has 2 rings (SSSR count). The van der Waals surface area contributed by atoms with E-state index in [9.17, 15) is 17.6 Å². The fourth-order valence-corrected chi connectivity index (χ4v) is 4.82. The summed E-state index contributed by atoms with van der Waals surface area (Å²) in [5.41, 5.74) is -0.270. The largest absolute Gasteiger partial charge is 0.478 e. The fraction of sp³-hybridized carbons (Fsp3) is 0.500. The first-order chi connectivity index (χ1) is 9.78. The second-order valence-corrected chi connectivity index (χ2v) is 7.09. The molecule has 1 aliphatic heterocycles. The number of nitrogens with zero attached hydrogens (tertiary/aromatic N) is 1. The summed E-state index contributed by atoms with van der Waals surface area (Å²) in [5, 5.41) is 8.81. The SMILES string of the molecule is CCC1CCC(C)N1S(=O)(=O)c1ccc(C(=O)O)cc1F. The molecule has 0 spiro atoms. The number of hydrogen-bond donors (Lipinski definition) is 1. The first-order valence-electron chi connectivity index (χ1n) is 6.85. The van der Waals surface area contributed by atoms with E-state index < -0.39 is 26.7 Å². The van der Waals surface area contributed by atoms with Crippen LogP contribution < -0.4 is 0 Å². The summed E-state index contributed by atoms with van der Waals surface area (Å²) in [6.45, 7) is 3.70. The average Bonchev–Trinajstić information content (AvgIpc) is 2.80. The maximum atomic E-state index is 14.0. The molecule has 0 saturated carbocycles. The van der Waals surface area contributed by atoms with E-state index in [4.69, 9.17) is 5.11 Å². The van der Waals surface area contributed by atoms with Crippen molar-refractivity contribution in [1.82, 2.24) is 4.31 Å². The van der Waals surface area contributed by atoms with Crippen LogP contribution in [0.3, 0.4) is 0 Å². The minimum absolute atomic E-state index is 0.136. The molecule has 1 saturated heterocycles. The van der Waals surface area contributed by atoms with Gasteiger partial charge < -0.3 is 5.11 Å². The van der Waals surface area contributed by atoms with Crippen LogP contribution in [0.15, 0.2) is 23.1 Å². The van der Waals surface area contributed by atoms with Gasteiger partial charge in [-0.3, -0.25) is 0 Å². The van der Waals surface area contributed by atoms with Crippen LogP contribution in [-0.4, -0.2) is 35.9 Å². The molecule has 0 bridgehead atoms. The standard InChI is InChI=1S/C14H18FNO4S/c1-3-11-6-4-9(2)16(11)21(19,20)13-7-5-10(14(17)18)8-12(13)15/h5,7-9,11H,3-4,6H2,1-2H3,(H,17,18). The number of aromatic carboxylic acids is 1. The molecule has 21 heavy (non-hydrogen) atoms. The highest BCUT2D eigenvalue weighted by atomic mass is 32.2. The van der Waals surface area contributed by atoms with E-state index >= 15 is 0 Å². The van der Waals surface area contributed by atoms with Crippen LogP contribution >= 0.6 is 0 Å². The Morgan fingerprint density at radius 1 is 1.43 bits per heavy atom. The Hall–Kier alpha value is -1.47. The van der Waals surface area contributed by atoms with Crippen LogP contribution in [0, 0.1) is 5.82 Å². The zero-order chi connectivity index (χ0) is 15.8. The maximum absolute atomic E-state index is 14.0. The Morgan fingerprint density at radius 3 is 2.62 bits per heavy atom. The third kappa shape index (κ3) is 2.80. The smallest absolute Gasteiger partial charge is 0.335 e. The van der Waals surface area contributed by atoms with E-state index in [2.05, 4.69) is 0 Å². The van der Waals surface area contributed by atoms with Gasteiger partial charge in [-0.1, -0.05) is 6.92 Å². The van der Waals surface area contributed by atoms with Crippen LogP contribution in [0.4, 0.5) is 4.39 Å². The van der Waals surface area contributed by atoms with E-state index in [1.54, 1.807) is 6.92 Å². The van der Waals surface area contributed by atoms with Gasteiger partial charge in [0.2, 0.25) is 10.0 Å². The van der Waals surface area contributed by atoms with Crippen molar-refractivity contribution in [2.75, 3.05) is 0 Å². The molecule has 0 aromatic heterocycles. The Kier molecular flexibility index (Phi) is 4.34. The van der Waals surface area contributed by atoms with Gasteiger partial charge in [-0.2, -0.15) is 4.31 Å². The second kappa shape index (κ2) is 5.73. The molecule has 7 heteroatoms. The maximum Gasteiger partial charge on any atom is 0.335 e. The number of carbonyl (C=O) groups is 1. The summed E-state index contributed by atoms with van der Waals surface area (Å²) >= 11 is 0. The zero-order valence-corrected chi connectivity index (χ0v) is 12.7. The normalized spacial score (nSPS) is 23.4. The lowest BCUT2D eigenvalue weighted by Gasteiger charge is -2.27. The third-order valence-electron chi connectivity index (χ3n) is 3.92. The predicted octanol–water partition coefficient (Wildman–Crippen LogP) is 2.48. The highest BCUT2D eigenvalue weighted by molar-refractivity contribution is 7.89. The summed E-state index contributed by atoms with van der Waals surface area (Å²) in [6, 6.07) is 2.57. The molecular formula is C14H18FNO4S. The molecule has 0 aliphatic carbocycles. The van der Waals surface area contributed by atoms with Crippen molar-refractivity contribution in [2.24, 2.45) is 0 Å². The Balaban J connectivity index is 2.47. The van der Waals surface area contributed by atoms with Crippen molar-refractivity contribution < 1.29 is 22.7 Å². The van der Waals surface area contributed by atoms with Crippen LogP contribution in [-0.2, 0) is 10.0 Å². The fourth-order valence-electron chi connectivity index (χ4n) is 2.82. The number of carboxylic acids is 1. The average molecular weight is 315 g/mol. The van der Waals surface area contributed by atoms with Gasteiger partial charge in [0.05, 0.1) is 5.56 Å². The Morgan fingerprint density at radius 2 is 2.10 bits per heavy atom. The Bertz CT molecular complexity index is 659. The van der Waals surface area contributed by atoms with Crippen molar-refractivity contribution in [3.63, 3.8) is 0 Å². The molecule has 0 amide bonds. The number of hydrogen-bond acceptors (Lipinski definition) is 3. The van der Waals surface area contributed by atoms with Gasteiger partial charge in [0, 0.05) is 12.1 Å². The van der Waals surface area contributed by atoms with Gasteiger partial charge >= 0.3 is 5.97 Å². The molecule has 2 atom stereocenters. The van der Waals surface area contributed by atoms with E-state index in [-0.39, 0.29) is 17.6 Å². The van der Waals surface area contributed by atoms with Crippen molar-refractivity contribution in [3.8, 4) is 0 Å². The number of rotatable bonds is 4. The van der Waals surface area contributed by atoms with Gasteiger partial charge in [-0.25, -0.2) is 17.6 Å². The molecule has 1 heterocycles. The quantitative estimate of drug-likeness (QED) is 0.926. The highest BCUT2D eigenvalue weighted by Crippen LogP contribution is 2.33. The molecule has 1 aromatic rings. The van der Waals surface area contributed by atoms with Gasteiger partial charge in [0.25, 0.3) is 0 Å². The molecule has 2 unspecified atom stereocenters. The topological polar surface area (TPSA) is 74.7 Å². The van der Waals surface area contributed by atoms with Crippen molar-refractivity contribution >= 4 is 16.0 Å². The first kappa shape index (κ1) is 15.9. The summed E-state index contributed by atoms with van der Waals surface area (Å²) in [7, 11) is -3.96. The second-order valence-electron chi connectivity index (χ2n) is 5.27. The van der Waals surface area contributed by atoms with E-state index in [1.165, 1.54) is 4.31 Å². The summed E-state index contributed by atoms with van der Waals surface area (Å²) in [4.78, 5) is 10.3. The van der Waals surface area contributed by atoms with E-state index in [1.807, 2.05) is 6.92 Å². The molecule has 116 valence electrons. The predicted molar refractivity (Wildman–Crippen MR) is 75.2 cm³/mol. The van der Waals surface area contributed by atoms with Crippen LogP contribution in [0.2, 0.25) is 0 Å².